The second kappa shape index (κ2) is 20.9. The smallest absolute Gasteiger partial charge is 0.187 e. The lowest BCUT2D eigenvalue weighted by Crippen LogP contribution is -2.64. The van der Waals surface area contributed by atoms with Crippen LogP contribution in [0.4, 0.5) is 0 Å². The molecular formula is C24H50O25. The van der Waals surface area contributed by atoms with Crippen LogP contribution in [0.2, 0.25) is 0 Å². The first-order chi connectivity index (χ1) is 21.6. The van der Waals surface area contributed by atoms with Crippen molar-refractivity contribution in [1.82, 2.24) is 0 Å². The summed E-state index contributed by atoms with van der Waals surface area (Å²) in [5, 5.41) is 153. The Hall–Kier alpha value is -1.00. The molecule has 0 saturated carbocycles. The maximum absolute atomic E-state index is 9.94. The minimum atomic E-state index is -1.74. The number of hydrogen-bond acceptors (Lipinski definition) is 22. The molecule has 20 atom stereocenters. The van der Waals surface area contributed by atoms with Crippen LogP contribution in [0.1, 0.15) is 0 Å². The van der Waals surface area contributed by atoms with E-state index in [0.717, 1.165) is 0 Å². The fraction of sp³-hybridized carbons (Fsp3) is 1.00. The average Bonchev–Trinajstić information content (AvgIpc) is 3.05. The average molecular weight is 739 g/mol. The van der Waals surface area contributed by atoms with Crippen LogP contribution in [0, 0.1) is 0 Å². The summed E-state index contributed by atoms with van der Waals surface area (Å²) < 4.78 is 30.5. The van der Waals surface area contributed by atoms with Crippen LogP contribution in [0.25, 0.3) is 0 Å². The molecule has 0 aromatic carbocycles. The van der Waals surface area contributed by atoms with E-state index in [4.69, 9.17) is 38.6 Å². The van der Waals surface area contributed by atoms with Gasteiger partial charge in [0.2, 0.25) is 0 Å². The monoisotopic (exact) mass is 738 g/mol. The molecule has 4 aliphatic heterocycles. The second-order valence-corrected chi connectivity index (χ2v) is 11.1. The minimum absolute atomic E-state index is 0. The first kappa shape index (κ1) is 48.0. The highest BCUT2D eigenvalue weighted by atomic mass is 16.7. The van der Waals surface area contributed by atoms with Gasteiger partial charge < -0.3 is 127 Å². The van der Waals surface area contributed by atoms with Crippen LogP contribution in [0.5, 0.6) is 0 Å². The largest absolute Gasteiger partial charge is 0.412 e. The Labute approximate surface area is 276 Å². The maximum Gasteiger partial charge on any atom is 0.187 e. The predicted octanol–water partition coefficient (Wildman–Crippen LogP) is -13.3. The molecule has 296 valence electrons. The molecule has 49 heavy (non-hydrogen) atoms. The van der Waals surface area contributed by atoms with Crippen LogP contribution < -0.4 is 0 Å². The quantitative estimate of drug-likeness (QED) is 0.110. The number of rotatable bonds is 8. The van der Waals surface area contributed by atoms with Gasteiger partial charge >= 0.3 is 0 Å². The van der Waals surface area contributed by atoms with Crippen LogP contribution in [-0.4, -0.2) is 247 Å². The van der Waals surface area contributed by atoms with Crippen LogP contribution in [0.15, 0.2) is 0 Å². The van der Waals surface area contributed by atoms with E-state index in [1.165, 1.54) is 0 Å². The minimum Gasteiger partial charge on any atom is -0.412 e. The molecule has 22 N–H and O–H groups in total. The summed E-state index contributed by atoms with van der Waals surface area (Å²) in [5.74, 6) is 0. The van der Waals surface area contributed by atoms with Gasteiger partial charge in [-0.3, -0.25) is 0 Å². The van der Waals surface area contributed by atoms with Crippen molar-refractivity contribution < 1.29 is 127 Å². The summed E-state index contributed by atoms with van der Waals surface area (Å²) in [6.45, 7) is -2.69. The van der Waals surface area contributed by atoms with Crippen molar-refractivity contribution in [3.63, 3.8) is 0 Å². The molecule has 4 saturated heterocycles. The molecule has 25 nitrogen and oxygen atoms in total. The van der Waals surface area contributed by atoms with E-state index >= 15 is 0 Å². The van der Waals surface area contributed by atoms with Crippen molar-refractivity contribution in [2.45, 2.75) is 123 Å². The van der Waals surface area contributed by atoms with Crippen molar-refractivity contribution in [1.29, 1.82) is 0 Å². The standard InChI is InChI=1S/2C12H22O11.3H2O/c2*13-1-3-5(15)6(16)9(19)12(22-3)23-10-4(2-14)21-11(20)8(18)7(10)17;;;/h2*3-20H,1-2H2;3*1H2/t2*3-,4-,5+,6+,7-,8-,9-,10-,11?,12+;;;/m11.../s1. The fourth-order valence-corrected chi connectivity index (χ4v) is 5.14. The first-order valence-electron chi connectivity index (χ1n) is 14.2. The first-order valence-corrected chi connectivity index (χ1v) is 14.2. The number of hydrogen-bond donors (Lipinski definition) is 16. The molecule has 0 aromatic rings. The number of aliphatic hydroxyl groups excluding tert-OH is 16. The van der Waals surface area contributed by atoms with E-state index in [1.807, 2.05) is 0 Å². The van der Waals surface area contributed by atoms with E-state index in [0.29, 0.717) is 0 Å². The Kier molecular flexibility index (Phi) is 20.5. The zero-order valence-corrected chi connectivity index (χ0v) is 25.5. The van der Waals surface area contributed by atoms with Crippen LogP contribution in [0.3, 0.4) is 0 Å². The Morgan fingerprint density at radius 2 is 0.612 bits per heavy atom. The molecule has 0 bridgehead atoms. The van der Waals surface area contributed by atoms with Gasteiger partial charge in [0.05, 0.1) is 26.4 Å². The van der Waals surface area contributed by atoms with Gasteiger partial charge in [0, 0.05) is 0 Å². The van der Waals surface area contributed by atoms with Crippen molar-refractivity contribution >= 4 is 0 Å². The molecule has 0 aromatic heterocycles. The molecule has 25 heteroatoms. The number of ether oxygens (including phenoxy) is 6. The van der Waals surface area contributed by atoms with Gasteiger partial charge in [0.1, 0.15) is 97.7 Å². The summed E-state index contributed by atoms with van der Waals surface area (Å²) >= 11 is 0. The van der Waals surface area contributed by atoms with Gasteiger partial charge in [-0.25, -0.2) is 0 Å². The fourth-order valence-electron chi connectivity index (χ4n) is 5.14. The third-order valence-corrected chi connectivity index (χ3v) is 7.96. The van der Waals surface area contributed by atoms with Crippen molar-refractivity contribution in [2.24, 2.45) is 0 Å². The molecule has 4 fully saturated rings. The SMILES string of the molecule is O.O.O.OC[C@H]1O[C@@H](O[C@H]2[C@H](O)[C@@H](O)C(O)O[C@@H]2CO)[C@H](O)[C@@H](O)[C@H]1O.OC[C@H]1O[C@@H](O[C@H]2[C@H](O)[C@@H](O)C(O)O[C@@H]2CO)[C@H](O)[C@@H](O)[C@H]1O. The molecule has 0 amide bonds. The lowest BCUT2D eigenvalue weighted by Gasteiger charge is -2.45. The van der Waals surface area contributed by atoms with E-state index in [-0.39, 0.29) is 16.4 Å². The molecule has 2 unspecified atom stereocenters. The van der Waals surface area contributed by atoms with E-state index < -0.39 is 149 Å². The Balaban J connectivity index is 0.000000886. The maximum atomic E-state index is 9.94. The van der Waals surface area contributed by atoms with E-state index in [1.54, 1.807) is 0 Å². The van der Waals surface area contributed by atoms with Gasteiger partial charge in [-0.2, -0.15) is 0 Å². The third-order valence-electron chi connectivity index (χ3n) is 7.96. The summed E-state index contributed by atoms with van der Waals surface area (Å²) in [6.07, 6.45) is -31.1. The van der Waals surface area contributed by atoms with Crippen molar-refractivity contribution in [2.75, 3.05) is 26.4 Å². The highest BCUT2D eigenvalue weighted by Gasteiger charge is 2.51. The molecule has 0 radical (unpaired) electrons. The lowest BCUT2D eigenvalue weighted by molar-refractivity contribution is -0.355. The van der Waals surface area contributed by atoms with Crippen molar-refractivity contribution in [3.8, 4) is 0 Å². The molecule has 4 rings (SSSR count). The van der Waals surface area contributed by atoms with Crippen LogP contribution in [-0.2, 0) is 28.4 Å². The highest BCUT2D eigenvalue weighted by molar-refractivity contribution is 4.95. The third kappa shape index (κ3) is 10.5. The highest BCUT2D eigenvalue weighted by Crippen LogP contribution is 2.30. The molecule has 4 aliphatic rings. The molecular weight excluding hydrogens is 688 g/mol. The zero-order valence-electron chi connectivity index (χ0n) is 25.5. The van der Waals surface area contributed by atoms with Gasteiger partial charge in [-0.1, -0.05) is 0 Å². The predicted molar refractivity (Wildman–Crippen MR) is 148 cm³/mol. The van der Waals surface area contributed by atoms with E-state index in [2.05, 4.69) is 0 Å². The Bertz CT molecular complexity index is 829. The Morgan fingerprint density at radius 3 is 0.878 bits per heavy atom. The zero-order chi connectivity index (χ0) is 34.6. The normalized spacial score (nSPS) is 48.5. The molecule has 4 heterocycles. The number of aliphatic hydroxyl groups is 16. The Morgan fingerprint density at radius 1 is 0.327 bits per heavy atom. The van der Waals surface area contributed by atoms with Gasteiger partial charge in [-0.15, -0.1) is 0 Å². The van der Waals surface area contributed by atoms with E-state index in [9.17, 15) is 71.5 Å². The summed E-state index contributed by atoms with van der Waals surface area (Å²) in [4.78, 5) is 0. The topological polar surface area (TPSA) is 474 Å². The van der Waals surface area contributed by atoms with Crippen LogP contribution >= 0.6 is 0 Å². The summed E-state index contributed by atoms with van der Waals surface area (Å²) in [5.41, 5.74) is 0. The summed E-state index contributed by atoms with van der Waals surface area (Å²) in [6, 6.07) is 0. The van der Waals surface area contributed by atoms with Gasteiger partial charge in [-0.05, 0) is 0 Å². The van der Waals surface area contributed by atoms with Crippen molar-refractivity contribution in [3.05, 3.63) is 0 Å². The lowest BCUT2D eigenvalue weighted by atomic mass is 9.97. The van der Waals surface area contributed by atoms with Gasteiger partial charge in [0.15, 0.2) is 25.2 Å². The summed E-state index contributed by atoms with van der Waals surface area (Å²) in [7, 11) is 0. The molecule has 0 spiro atoms. The second-order valence-electron chi connectivity index (χ2n) is 11.1. The van der Waals surface area contributed by atoms with Gasteiger partial charge in [0.25, 0.3) is 0 Å². The molecule has 0 aliphatic carbocycles.